The van der Waals surface area contributed by atoms with Gasteiger partial charge in [0.05, 0.1) is 0 Å². The first-order valence-corrected chi connectivity index (χ1v) is 12.6. The van der Waals surface area contributed by atoms with Gasteiger partial charge in [-0.25, -0.2) is 0 Å². The van der Waals surface area contributed by atoms with E-state index >= 15 is 0 Å². The van der Waals surface area contributed by atoms with E-state index < -0.39 is 0 Å². The number of nitrogens with zero attached hydrogens (tertiary/aromatic N) is 2. The van der Waals surface area contributed by atoms with Gasteiger partial charge in [-0.05, 0) is 48.9 Å². The quantitative estimate of drug-likeness (QED) is 0.642. The van der Waals surface area contributed by atoms with E-state index in [9.17, 15) is 0 Å². The Morgan fingerprint density at radius 3 is 1.39 bits per heavy atom. The molecule has 4 fully saturated rings. The fraction of sp³-hybridized carbons (Fsp3) is 0.571. The Morgan fingerprint density at radius 1 is 0.697 bits per heavy atom. The van der Waals surface area contributed by atoms with Gasteiger partial charge in [0.1, 0.15) is 0 Å². The van der Waals surface area contributed by atoms with Crippen LogP contribution >= 0.6 is 0 Å². The molecule has 0 aliphatic carbocycles. The summed E-state index contributed by atoms with van der Waals surface area (Å²) in [5.74, 6) is 1.71. The molecular formula is C28H40N4Y. The van der Waals surface area contributed by atoms with Crippen LogP contribution in [0, 0.1) is 11.8 Å². The fourth-order valence-corrected chi connectivity index (χ4v) is 6.59. The number of likely N-dealkylation sites (tertiary alicyclic amines) is 2. The molecule has 0 bridgehead atoms. The van der Waals surface area contributed by atoms with E-state index in [4.69, 9.17) is 0 Å². The summed E-state index contributed by atoms with van der Waals surface area (Å²) in [5.41, 5.74) is 3.83. The van der Waals surface area contributed by atoms with E-state index in [-0.39, 0.29) is 32.7 Å². The SMILES string of the molecule is C[C@H]1CN(Cc2ccccc2)[C@]12CCNC2.C[C@H]1CN(Cc2ccccc2)[C@]12CCNC2.[Y]. The van der Waals surface area contributed by atoms with Crippen LogP contribution in [0.5, 0.6) is 0 Å². The van der Waals surface area contributed by atoms with Gasteiger partial charge in [0, 0.05) is 83.1 Å². The van der Waals surface area contributed by atoms with Crippen molar-refractivity contribution in [1.29, 1.82) is 0 Å². The van der Waals surface area contributed by atoms with E-state index in [1.165, 1.54) is 63.2 Å². The molecule has 4 heterocycles. The van der Waals surface area contributed by atoms with Crippen molar-refractivity contribution in [2.45, 2.75) is 50.9 Å². The summed E-state index contributed by atoms with van der Waals surface area (Å²) < 4.78 is 0. The molecule has 1 radical (unpaired) electrons. The van der Waals surface area contributed by atoms with Gasteiger partial charge < -0.3 is 10.6 Å². The first-order chi connectivity index (χ1) is 15.6. The van der Waals surface area contributed by atoms with Gasteiger partial charge in [-0.2, -0.15) is 0 Å². The zero-order chi connectivity index (χ0) is 22.0. The molecule has 0 aromatic heterocycles. The largest absolute Gasteiger partial charge is 0.315 e. The molecule has 4 saturated heterocycles. The average Bonchev–Trinajstić information content (AvgIpc) is 3.54. The first kappa shape index (κ1) is 25.5. The second-order valence-electron chi connectivity index (χ2n) is 10.6. The summed E-state index contributed by atoms with van der Waals surface area (Å²) in [6.45, 7) is 14.3. The summed E-state index contributed by atoms with van der Waals surface area (Å²) in [5, 5.41) is 7.04. The van der Waals surface area contributed by atoms with Crippen LogP contribution in [0.3, 0.4) is 0 Å². The molecule has 4 aliphatic heterocycles. The smallest absolute Gasteiger partial charge is 0.0387 e. The molecule has 4 nitrogen and oxygen atoms in total. The average molecular weight is 522 g/mol. The monoisotopic (exact) mass is 521 g/mol. The predicted molar refractivity (Wildman–Crippen MR) is 132 cm³/mol. The third-order valence-electron chi connectivity index (χ3n) is 8.85. The minimum absolute atomic E-state index is 0. The zero-order valence-electron chi connectivity index (χ0n) is 20.5. The van der Waals surface area contributed by atoms with Crippen LogP contribution < -0.4 is 10.6 Å². The Balaban J connectivity index is 0.000000152. The van der Waals surface area contributed by atoms with Crippen molar-refractivity contribution in [2.24, 2.45) is 11.8 Å². The fourth-order valence-electron chi connectivity index (χ4n) is 6.59. The van der Waals surface area contributed by atoms with Gasteiger partial charge in [-0.1, -0.05) is 74.5 Å². The van der Waals surface area contributed by atoms with Crippen LogP contribution in [-0.4, -0.2) is 60.1 Å². The standard InChI is InChI=1S/2C14H20N2.Y/c2*1-12-9-16(14(12)7-8-15-11-14)10-13-5-3-2-4-6-13;/h2*2-6,12,15H,7-11H2,1H3;/t2*12-,14-;/m00./s1. The van der Waals surface area contributed by atoms with Crippen LogP contribution in [0.15, 0.2) is 60.7 Å². The summed E-state index contributed by atoms with van der Waals surface area (Å²) >= 11 is 0. The number of benzene rings is 2. The molecule has 4 atom stereocenters. The van der Waals surface area contributed by atoms with Crippen LogP contribution in [-0.2, 0) is 45.8 Å². The molecule has 0 unspecified atom stereocenters. The van der Waals surface area contributed by atoms with Gasteiger partial charge in [-0.3, -0.25) is 9.80 Å². The maximum atomic E-state index is 3.52. The van der Waals surface area contributed by atoms with Crippen LogP contribution in [0.1, 0.15) is 37.8 Å². The number of hydrogen-bond acceptors (Lipinski definition) is 4. The summed E-state index contributed by atoms with van der Waals surface area (Å²) in [4.78, 5) is 5.32. The Labute approximate surface area is 225 Å². The van der Waals surface area contributed by atoms with E-state index in [2.05, 4.69) is 94.9 Å². The third-order valence-corrected chi connectivity index (χ3v) is 8.85. The van der Waals surface area contributed by atoms with Crippen molar-refractivity contribution >= 4 is 0 Å². The second kappa shape index (κ2) is 11.0. The molecule has 175 valence electrons. The van der Waals surface area contributed by atoms with Crippen molar-refractivity contribution in [2.75, 3.05) is 39.3 Å². The third kappa shape index (κ3) is 5.03. The van der Waals surface area contributed by atoms with Crippen molar-refractivity contribution in [3.63, 3.8) is 0 Å². The van der Waals surface area contributed by atoms with Crippen molar-refractivity contribution in [3.8, 4) is 0 Å². The first-order valence-electron chi connectivity index (χ1n) is 12.6. The van der Waals surface area contributed by atoms with Gasteiger partial charge in [0.25, 0.3) is 0 Å². The Morgan fingerprint density at radius 2 is 1.09 bits per heavy atom. The summed E-state index contributed by atoms with van der Waals surface area (Å²) in [6.07, 6.45) is 2.64. The second-order valence-corrected chi connectivity index (χ2v) is 10.6. The molecule has 2 N–H and O–H groups in total. The van der Waals surface area contributed by atoms with Gasteiger partial charge in [0.2, 0.25) is 0 Å². The van der Waals surface area contributed by atoms with Crippen LogP contribution in [0.2, 0.25) is 0 Å². The number of nitrogens with one attached hydrogen (secondary N) is 2. The number of hydrogen-bond donors (Lipinski definition) is 2. The Hall–Kier alpha value is -0.616. The van der Waals surface area contributed by atoms with Crippen molar-refractivity contribution < 1.29 is 32.7 Å². The van der Waals surface area contributed by atoms with E-state index in [0.29, 0.717) is 11.1 Å². The Bertz CT molecular complexity index is 788. The molecule has 6 rings (SSSR count). The van der Waals surface area contributed by atoms with Crippen molar-refractivity contribution in [3.05, 3.63) is 71.8 Å². The molecule has 2 spiro atoms. The predicted octanol–water partition coefficient (Wildman–Crippen LogP) is 3.74. The van der Waals surface area contributed by atoms with Crippen molar-refractivity contribution in [1.82, 2.24) is 20.4 Å². The molecule has 2 aromatic carbocycles. The Kier molecular flexibility index (Phi) is 8.47. The zero-order valence-corrected chi connectivity index (χ0v) is 23.3. The van der Waals surface area contributed by atoms with Gasteiger partial charge in [-0.15, -0.1) is 0 Å². The number of rotatable bonds is 4. The van der Waals surface area contributed by atoms with Gasteiger partial charge >= 0.3 is 0 Å². The normalized spacial score (nSPS) is 33.2. The molecule has 4 aliphatic rings. The van der Waals surface area contributed by atoms with E-state index in [0.717, 1.165) is 24.9 Å². The molecule has 33 heavy (non-hydrogen) atoms. The molecule has 0 amide bonds. The maximum absolute atomic E-state index is 3.52. The van der Waals surface area contributed by atoms with Crippen LogP contribution in [0.25, 0.3) is 0 Å². The molecule has 5 heteroatoms. The topological polar surface area (TPSA) is 30.5 Å². The van der Waals surface area contributed by atoms with E-state index in [1.807, 2.05) is 0 Å². The summed E-state index contributed by atoms with van der Waals surface area (Å²) in [7, 11) is 0. The van der Waals surface area contributed by atoms with Crippen LogP contribution in [0.4, 0.5) is 0 Å². The maximum Gasteiger partial charge on any atom is 0.0387 e. The van der Waals surface area contributed by atoms with E-state index in [1.54, 1.807) is 0 Å². The van der Waals surface area contributed by atoms with Gasteiger partial charge in [0.15, 0.2) is 0 Å². The molecule has 0 saturated carbocycles. The molecule has 2 aromatic rings. The summed E-state index contributed by atoms with van der Waals surface area (Å²) in [6, 6.07) is 21.7. The minimum Gasteiger partial charge on any atom is -0.315 e. The molecular weight excluding hydrogens is 481 g/mol. The minimum atomic E-state index is 0.